The Hall–Kier alpha value is -2.33. The first-order valence-corrected chi connectivity index (χ1v) is 9.30. The van der Waals surface area contributed by atoms with E-state index in [9.17, 15) is 4.79 Å². The number of carbonyl (C=O) groups excluding carboxylic acids is 1. The van der Waals surface area contributed by atoms with E-state index in [4.69, 9.17) is 27.9 Å². The molecule has 3 nitrogen and oxygen atoms in total. The molecule has 3 aromatic rings. The highest BCUT2D eigenvalue weighted by molar-refractivity contribution is 6.35. The second-order valence-electron chi connectivity index (χ2n) is 6.11. The van der Waals surface area contributed by atoms with Crippen LogP contribution in [0.2, 0.25) is 10.0 Å². The van der Waals surface area contributed by atoms with Crippen molar-refractivity contribution in [3.63, 3.8) is 0 Å². The summed E-state index contributed by atoms with van der Waals surface area (Å²) >= 11 is 12.0. The Labute approximate surface area is 168 Å². The van der Waals surface area contributed by atoms with Crippen molar-refractivity contribution in [2.24, 2.45) is 0 Å². The Balaban J connectivity index is 1.54. The Bertz CT molecular complexity index is 913. The number of hydrogen-bond acceptors (Lipinski definition) is 2. The van der Waals surface area contributed by atoms with Crippen LogP contribution in [-0.4, -0.2) is 5.91 Å². The van der Waals surface area contributed by atoms with Crippen molar-refractivity contribution in [3.05, 3.63) is 105 Å². The Morgan fingerprint density at radius 2 is 1.52 bits per heavy atom. The van der Waals surface area contributed by atoms with Gasteiger partial charge in [-0.15, -0.1) is 0 Å². The summed E-state index contributed by atoms with van der Waals surface area (Å²) in [5.41, 5.74) is 3.55. The number of ether oxygens (including phenoxy) is 1. The van der Waals surface area contributed by atoms with Crippen LogP contribution in [0.1, 0.15) is 27.0 Å². The van der Waals surface area contributed by atoms with Crippen LogP contribution >= 0.6 is 23.2 Å². The maximum atomic E-state index is 12.3. The molecule has 0 bridgehead atoms. The number of halogens is 2. The van der Waals surface area contributed by atoms with Crippen molar-refractivity contribution < 1.29 is 9.53 Å². The third-order valence-electron chi connectivity index (χ3n) is 4.00. The summed E-state index contributed by atoms with van der Waals surface area (Å²) in [7, 11) is 0. The predicted octanol–water partition coefficient (Wildman–Crippen LogP) is 5.64. The fraction of sp³-hybridized carbons (Fsp3) is 0.136. The molecule has 3 rings (SSSR count). The van der Waals surface area contributed by atoms with Crippen LogP contribution in [0.25, 0.3) is 0 Å². The second-order valence-corrected chi connectivity index (χ2v) is 6.95. The van der Waals surface area contributed by atoms with Crippen LogP contribution in [-0.2, 0) is 24.5 Å². The fourth-order valence-corrected chi connectivity index (χ4v) is 3.01. The van der Waals surface area contributed by atoms with Gasteiger partial charge in [0.15, 0.2) is 0 Å². The van der Waals surface area contributed by atoms with Crippen LogP contribution in [0.5, 0.6) is 0 Å². The van der Waals surface area contributed by atoms with Gasteiger partial charge in [0, 0.05) is 11.6 Å². The molecule has 0 unspecified atom stereocenters. The standard InChI is InChI=1S/C22H19Cl2NO2/c23-19-9-10-21(24)20(12-19)22(26)25-13-17-7-4-8-18(11-17)15-27-14-16-5-2-1-3-6-16/h1-12H,13-15H2,(H,25,26). The summed E-state index contributed by atoms with van der Waals surface area (Å²) in [4.78, 5) is 12.3. The summed E-state index contributed by atoms with van der Waals surface area (Å²) in [6.07, 6.45) is 0. The number of nitrogens with one attached hydrogen (secondary N) is 1. The average molecular weight is 400 g/mol. The molecule has 0 aliphatic carbocycles. The minimum atomic E-state index is -0.256. The molecule has 0 saturated carbocycles. The van der Waals surface area contributed by atoms with E-state index in [0.29, 0.717) is 35.4 Å². The predicted molar refractivity (Wildman–Crippen MR) is 109 cm³/mol. The van der Waals surface area contributed by atoms with Crippen LogP contribution in [0.4, 0.5) is 0 Å². The molecule has 5 heteroatoms. The lowest BCUT2D eigenvalue weighted by atomic mass is 10.1. The van der Waals surface area contributed by atoms with Gasteiger partial charge in [-0.2, -0.15) is 0 Å². The van der Waals surface area contributed by atoms with E-state index in [1.807, 2.05) is 54.6 Å². The van der Waals surface area contributed by atoms with Crippen molar-refractivity contribution in [1.82, 2.24) is 5.32 Å². The summed E-state index contributed by atoms with van der Waals surface area (Å²) in [6, 6.07) is 22.8. The van der Waals surface area contributed by atoms with Gasteiger partial charge < -0.3 is 10.1 Å². The molecule has 0 aromatic heterocycles. The lowest BCUT2D eigenvalue weighted by Crippen LogP contribution is -2.23. The van der Waals surface area contributed by atoms with Gasteiger partial charge in [-0.25, -0.2) is 0 Å². The van der Waals surface area contributed by atoms with Crippen LogP contribution in [0.3, 0.4) is 0 Å². The third-order valence-corrected chi connectivity index (χ3v) is 4.56. The van der Waals surface area contributed by atoms with Crippen LogP contribution in [0.15, 0.2) is 72.8 Å². The molecule has 0 atom stereocenters. The zero-order chi connectivity index (χ0) is 19.1. The van der Waals surface area contributed by atoms with Gasteiger partial charge in [-0.05, 0) is 34.9 Å². The molecule has 0 aliphatic rings. The Kier molecular flexibility index (Phi) is 6.88. The summed E-state index contributed by atoms with van der Waals surface area (Å²) in [5.74, 6) is -0.256. The summed E-state index contributed by atoms with van der Waals surface area (Å²) in [6.45, 7) is 1.47. The molecule has 1 N–H and O–H groups in total. The van der Waals surface area contributed by atoms with Crippen molar-refractivity contribution in [1.29, 1.82) is 0 Å². The maximum Gasteiger partial charge on any atom is 0.253 e. The van der Waals surface area contributed by atoms with Crippen molar-refractivity contribution in [2.75, 3.05) is 0 Å². The van der Waals surface area contributed by atoms with E-state index in [1.54, 1.807) is 18.2 Å². The quantitative estimate of drug-likeness (QED) is 0.557. The lowest BCUT2D eigenvalue weighted by Gasteiger charge is -2.09. The van der Waals surface area contributed by atoms with Crippen molar-refractivity contribution in [3.8, 4) is 0 Å². The highest BCUT2D eigenvalue weighted by Gasteiger charge is 2.10. The molecule has 0 fully saturated rings. The highest BCUT2D eigenvalue weighted by atomic mass is 35.5. The SMILES string of the molecule is O=C(NCc1cccc(COCc2ccccc2)c1)c1cc(Cl)ccc1Cl. The molecule has 0 saturated heterocycles. The molecule has 0 heterocycles. The second kappa shape index (κ2) is 9.56. The molecular weight excluding hydrogens is 381 g/mol. The maximum absolute atomic E-state index is 12.3. The molecule has 0 radical (unpaired) electrons. The van der Waals surface area contributed by atoms with Crippen molar-refractivity contribution >= 4 is 29.1 Å². The number of amides is 1. The minimum Gasteiger partial charge on any atom is -0.372 e. The molecule has 1 amide bonds. The smallest absolute Gasteiger partial charge is 0.253 e. The number of carbonyl (C=O) groups is 1. The largest absolute Gasteiger partial charge is 0.372 e. The molecule has 3 aromatic carbocycles. The molecule has 27 heavy (non-hydrogen) atoms. The first-order valence-electron chi connectivity index (χ1n) is 8.54. The Morgan fingerprint density at radius 3 is 2.33 bits per heavy atom. The van der Waals surface area contributed by atoms with Gasteiger partial charge >= 0.3 is 0 Å². The summed E-state index contributed by atoms with van der Waals surface area (Å²) in [5, 5.41) is 3.72. The first-order chi connectivity index (χ1) is 13.1. The molecule has 0 spiro atoms. The number of rotatable bonds is 7. The first kappa shape index (κ1) is 19.4. The number of benzene rings is 3. The molecule has 138 valence electrons. The van der Waals surface area contributed by atoms with Crippen LogP contribution < -0.4 is 5.32 Å². The summed E-state index contributed by atoms with van der Waals surface area (Å²) < 4.78 is 5.77. The van der Waals surface area contributed by atoms with Gasteiger partial charge in [0.25, 0.3) is 5.91 Å². The van der Waals surface area contributed by atoms with E-state index in [2.05, 4.69) is 5.32 Å². The molecular formula is C22H19Cl2NO2. The topological polar surface area (TPSA) is 38.3 Å². The highest BCUT2D eigenvalue weighted by Crippen LogP contribution is 2.20. The monoisotopic (exact) mass is 399 g/mol. The van der Waals surface area contributed by atoms with Gasteiger partial charge in [-0.1, -0.05) is 77.8 Å². The zero-order valence-corrected chi connectivity index (χ0v) is 16.1. The number of hydrogen-bond donors (Lipinski definition) is 1. The lowest BCUT2D eigenvalue weighted by molar-refractivity contribution is 0.0951. The van der Waals surface area contributed by atoms with Crippen LogP contribution in [0, 0.1) is 0 Å². The molecule has 0 aliphatic heterocycles. The van der Waals surface area contributed by atoms with E-state index in [1.165, 1.54) is 0 Å². The zero-order valence-electron chi connectivity index (χ0n) is 14.6. The Morgan fingerprint density at radius 1 is 0.815 bits per heavy atom. The van der Waals surface area contributed by atoms with Gasteiger partial charge in [0.1, 0.15) is 0 Å². The van der Waals surface area contributed by atoms with Gasteiger partial charge in [0.05, 0.1) is 23.8 Å². The third kappa shape index (κ3) is 5.83. The average Bonchev–Trinajstić information content (AvgIpc) is 2.69. The van der Waals surface area contributed by atoms with Crippen molar-refractivity contribution in [2.45, 2.75) is 19.8 Å². The van der Waals surface area contributed by atoms with Gasteiger partial charge in [-0.3, -0.25) is 4.79 Å². The normalized spacial score (nSPS) is 10.6. The minimum absolute atomic E-state index is 0.256. The fourth-order valence-electron chi connectivity index (χ4n) is 2.64. The van der Waals surface area contributed by atoms with E-state index < -0.39 is 0 Å². The van der Waals surface area contributed by atoms with E-state index >= 15 is 0 Å². The van der Waals surface area contributed by atoms with E-state index in [0.717, 1.165) is 16.7 Å². The van der Waals surface area contributed by atoms with Gasteiger partial charge in [0.2, 0.25) is 0 Å². The van der Waals surface area contributed by atoms with E-state index in [-0.39, 0.29) is 5.91 Å².